The molecule has 10 heteroatoms. The molecule has 3 aromatic carbocycles. The first-order valence-electron chi connectivity index (χ1n) is 14.1. The highest BCUT2D eigenvalue weighted by Crippen LogP contribution is 2.46. The molecular weight excluding hydrogens is 571 g/mol. The van der Waals surface area contributed by atoms with Crippen LogP contribution in [0.3, 0.4) is 0 Å². The number of aliphatic hydroxyl groups excluding tert-OH is 1. The summed E-state index contributed by atoms with van der Waals surface area (Å²) < 4.78 is 31.8. The molecule has 1 saturated heterocycles. The zero-order chi connectivity index (χ0) is 30.7. The maximum Gasteiger partial charge on any atom is 0.301 e. The Bertz CT molecular complexity index is 1700. The molecule has 43 heavy (non-hydrogen) atoms. The molecule has 224 valence electrons. The molecule has 0 saturated carbocycles. The monoisotopic (exact) mass is 604 g/mol. The number of nitrogens with zero attached hydrogens (tertiary/aromatic N) is 2. The molecule has 1 atom stereocenters. The average molecular weight is 605 g/mol. The summed E-state index contributed by atoms with van der Waals surface area (Å²) in [4.78, 5) is 33.1. The van der Waals surface area contributed by atoms with E-state index < -0.39 is 23.5 Å². The van der Waals surface area contributed by atoms with E-state index in [1.54, 1.807) is 42.5 Å². The predicted octanol–water partition coefficient (Wildman–Crippen LogP) is 7.28. The smallest absolute Gasteiger partial charge is 0.301 e. The van der Waals surface area contributed by atoms with E-state index in [4.69, 9.17) is 14.2 Å². The standard InChI is InChI=1S/C33H33FN2O6S/c1-5-14-41-23-8-6-7-21(16-23)30(37)28-29(20-9-12-25(26(17-20)40-4)42-15-13-19(2)3)36(32(39)31(28)38)33-35-24-11-10-22(34)18-27(24)43-33/h6-12,16-19,29,37H,5,13-15H2,1-4H3. The molecular formula is C33H33FN2O6S. The number of methoxy groups -OCH3 is 1. The Morgan fingerprint density at radius 2 is 1.86 bits per heavy atom. The molecule has 0 spiro atoms. The van der Waals surface area contributed by atoms with Crippen LogP contribution in [-0.2, 0) is 9.59 Å². The van der Waals surface area contributed by atoms with Gasteiger partial charge in [0, 0.05) is 5.56 Å². The van der Waals surface area contributed by atoms with Crippen molar-refractivity contribution >= 4 is 44.1 Å². The summed E-state index contributed by atoms with van der Waals surface area (Å²) >= 11 is 1.08. The van der Waals surface area contributed by atoms with Crippen LogP contribution in [0, 0.1) is 11.7 Å². The van der Waals surface area contributed by atoms with Crippen molar-refractivity contribution in [2.75, 3.05) is 25.2 Å². The van der Waals surface area contributed by atoms with Crippen LogP contribution in [0.4, 0.5) is 9.52 Å². The molecule has 1 aromatic heterocycles. The number of carbonyl (C=O) groups is 2. The van der Waals surface area contributed by atoms with Gasteiger partial charge in [-0.05, 0) is 66.8 Å². The van der Waals surface area contributed by atoms with Gasteiger partial charge in [-0.2, -0.15) is 0 Å². The van der Waals surface area contributed by atoms with Crippen molar-refractivity contribution in [2.24, 2.45) is 5.92 Å². The van der Waals surface area contributed by atoms with Crippen LogP contribution in [0.1, 0.15) is 50.8 Å². The van der Waals surface area contributed by atoms with Gasteiger partial charge in [-0.15, -0.1) is 0 Å². The van der Waals surface area contributed by atoms with Gasteiger partial charge in [-0.1, -0.05) is 50.3 Å². The van der Waals surface area contributed by atoms with Crippen molar-refractivity contribution in [3.63, 3.8) is 0 Å². The van der Waals surface area contributed by atoms with Crippen LogP contribution in [-0.4, -0.2) is 42.1 Å². The lowest BCUT2D eigenvalue weighted by Crippen LogP contribution is -2.29. The number of hydrogen-bond donors (Lipinski definition) is 1. The van der Waals surface area contributed by atoms with E-state index in [9.17, 15) is 19.1 Å². The predicted molar refractivity (Wildman–Crippen MR) is 165 cm³/mol. The fraction of sp³-hybridized carbons (Fsp3) is 0.303. The van der Waals surface area contributed by atoms with Crippen molar-refractivity contribution in [1.29, 1.82) is 0 Å². The van der Waals surface area contributed by atoms with Crippen LogP contribution < -0.4 is 19.1 Å². The minimum atomic E-state index is -1.05. The highest BCUT2D eigenvalue weighted by atomic mass is 32.1. The molecule has 2 heterocycles. The largest absolute Gasteiger partial charge is 0.507 e. The Balaban J connectivity index is 1.65. The van der Waals surface area contributed by atoms with Gasteiger partial charge in [0.2, 0.25) is 0 Å². The van der Waals surface area contributed by atoms with Crippen molar-refractivity contribution < 1.29 is 33.3 Å². The summed E-state index contributed by atoms with van der Waals surface area (Å²) in [6, 6.07) is 15.0. The second-order valence-corrected chi connectivity index (χ2v) is 11.6. The Morgan fingerprint density at radius 3 is 2.60 bits per heavy atom. The number of amides is 1. The van der Waals surface area contributed by atoms with Gasteiger partial charge in [0.15, 0.2) is 16.6 Å². The van der Waals surface area contributed by atoms with E-state index in [0.29, 0.717) is 57.7 Å². The highest BCUT2D eigenvalue weighted by molar-refractivity contribution is 7.22. The number of ketones is 1. The van der Waals surface area contributed by atoms with Crippen molar-refractivity contribution in [3.8, 4) is 17.2 Å². The Morgan fingerprint density at radius 1 is 1.05 bits per heavy atom. The van der Waals surface area contributed by atoms with E-state index in [-0.39, 0.29) is 16.5 Å². The Labute approximate surface area is 253 Å². The topological polar surface area (TPSA) is 98.2 Å². The van der Waals surface area contributed by atoms with Crippen molar-refractivity contribution in [2.45, 2.75) is 39.7 Å². The Kier molecular flexibility index (Phi) is 8.96. The minimum absolute atomic E-state index is 0.112. The minimum Gasteiger partial charge on any atom is -0.507 e. The van der Waals surface area contributed by atoms with E-state index in [1.165, 1.54) is 30.2 Å². The third-order valence-electron chi connectivity index (χ3n) is 7.03. The first kappa shape index (κ1) is 30.0. The van der Waals surface area contributed by atoms with Gasteiger partial charge < -0.3 is 19.3 Å². The number of halogens is 1. The molecule has 1 aliphatic rings. The van der Waals surface area contributed by atoms with Crippen LogP contribution in [0.5, 0.6) is 17.2 Å². The van der Waals surface area contributed by atoms with E-state index in [1.807, 2.05) is 6.92 Å². The number of carbonyl (C=O) groups excluding carboxylic acids is 2. The molecule has 8 nitrogen and oxygen atoms in total. The molecule has 1 aliphatic heterocycles. The molecule has 5 rings (SSSR count). The average Bonchev–Trinajstić information content (AvgIpc) is 3.53. The Hall–Kier alpha value is -4.44. The van der Waals surface area contributed by atoms with E-state index in [0.717, 1.165) is 24.2 Å². The lowest BCUT2D eigenvalue weighted by atomic mass is 9.95. The van der Waals surface area contributed by atoms with E-state index >= 15 is 0 Å². The number of thiazole rings is 1. The third-order valence-corrected chi connectivity index (χ3v) is 8.04. The SMILES string of the molecule is CCCOc1cccc(C(O)=C2C(=O)C(=O)N(c3nc4ccc(F)cc4s3)C2c2ccc(OCCC(C)C)c(OC)c2)c1. The molecule has 1 N–H and O–H groups in total. The highest BCUT2D eigenvalue weighted by Gasteiger charge is 2.48. The van der Waals surface area contributed by atoms with Gasteiger partial charge in [0.1, 0.15) is 17.3 Å². The van der Waals surface area contributed by atoms with Gasteiger partial charge >= 0.3 is 5.91 Å². The van der Waals surface area contributed by atoms with Crippen LogP contribution in [0.2, 0.25) is 0 Å². The molecule has 0 aliphatic carbocycles. The number of aliphatic hydroxyl groups is 1. The maximum atomic E-state index is 14.0. The molecule has 0 bridgehead atoms. The summed E-state index contributed by atoms with van der Waals surface area (Å²) in [6.45, 7) is 7.17. The first-order chi connectivity index (χ1) is 20.7. The fourth-order valence-electron chi connectivity index (χ4n) is 4.82. The van der Waals surface area contributed by atoms with Crippen molar-refractivity contribution in [3.05, 3.63) is 83.2 Å². The number of aromatic nitrogens is 1. The number of ether oxygens (including phenoxy) is 3. The summed E-state index contributed by atoms with van der Waals surface area (Å²) in [5.74, 6) is -0.619. The summed E-state index contributed by atoms with van der Waals surface area (Å²) in [5, 5.41) is 11.8. The molecule has 1 unspecified atom stereocenters. The summed E-state index contributed by atoms with van der Waals surface area (Å²) in [6.07, 6.45) is 1.65. The fourth-order valence-corrected chi connectivity index (χ4v) is 5.84. The quantitative estimate of drug-likeness (QED) is 0.109. The second kappa shape index (κ2) is 12.8. The third kappa shape index (κ3) is 6.19. The number of fused-ring (bicyclic) bond motifs is 1. The zero-order valence-corrected chi connectivity index (χ0v) is 25.2. The number of rotatable bonds is 11. The van der Waals surface area contributed by atoms with Gasteiger partial charge in [-0.3, -0.25) is 14.5 Å². The van der Waals surface area contributed by atoms with Crippen molar-refractivity contribution in [1.82, 2.24) is 4.98 Å². The molecule has 1 amide bonds. The zero-order valence-electron chi connectivity index (χ0n) is 24.4. The number of benzene rings is 3. The molecule has 0 radical (unpaired) electrons. The molecule has 4 aromatic rings. The lowest BCUT2D eigenvalue weighted by Gasteiger charge is -2.24. The lowest BCUT2D eigenvalue weighted by molar-refractivity contribution is -0.132. The van der Waals surface area contributed by atoms with Crippen LogP contribution in [0.25, 0.3) is 16.0 Å². The van der Waals surface area contributed by atoms with E-state index in [2.05, 4.69) is 18.8 Å². The maximum absolute atomic E-state index is 14.0. The molecule has 1 fully saturated rings. The summed E-state index contributed by atoms with van der Waals surface area (Å²) in [5.41, 5.74) is 1.19. The van der Waals surface area contributed by atoms with Gasteiger partial charge in [0.05, 0.1) is 42.2 Å². The number of Topliss-reactive ketones (excluding diaryl/α,β-unsaturated/α-hetero) is 1. The van der Waals surface area contributed by atoms with Crippen LogP contribution >= 0.6 is 11.3 Å². The number of hydrogen-bond acceptors (Lipinski definition) is 8. The van der Waals surface area contributed by atoms with Gasteiger partial charge in [0.25, 0.3) is 5.78 Å². The second-order valence-electron chi connectivity index (χ2n) is 10.6. The normalized spacial score (nSPS) is 16.3. The summed E-state index contributed by atoms with van der Waals surface area (Å²) in [7, 11) is 1.51. The first-order valence-corrected chi connectivity index (χ1v) is 14.9. The number of anilines is 1. The van der Waals surface area contributed by atoms with Crippen LogP contribution in [0.15, 0.2) is 66.2 Å². The van der Waals surface area contributed by atoms with Gasteiger partial charge in [-0.25, -0.2) is 9.37 Å².